The lowest BCUT2D eigenvalue weighted by molar-refractivity contribution is -0.144. The summed E-state index contributed by atoms with van der Waals surface area (Å²) in [5, 5.41) is 0.949. The van der Waals surface area contributed by atoms with Crippen molar-refractivity contribution < 1.29 is 9.53 Å². The van der Waals surface area contributed by atoms with Gasteiger partial charge in [-0.15, -0.1) is 0 Å². The fourth-order valence-electron chi connectivity index (χ4n) is 0.958. The first kappa shape index (κ1) is 12.8. The molecule has 0 amide bonds. The predicted molar refractivity (Wildman–Crippen MR) is 58.0 cm³/mol. The first-order chi connectivity index (χ1) is 6.02. The molecule has 0 radical (unpaired) electrons. The van der Waals surface area contributed by atoms with Crippen molar-refractivity contribution in [3.8, 4) is 0 Å². The fourth-order valence-corrected chi connectivity index (χ4v) is 2.23. The second kappa shape index (κ2) is 6.30. The van der Waals surface area contributed by atoms with E-state index in [1.165, 1.54) is 7.11 Å². The van der Waals surface area contributed by atoms with Gasteiger partial charge in [0.1, 0.15) is 0 Å². The summed E-state index contributed by atoms with van der Waals surface area (Å²) in [6, 6.07) is 0. The maximum absolute atomic E-state index is 11.2. The minimum atomic E-state index is -0.108. The Hall–Kier alpha value is -0.180. The first-order valence-corrected chi connectivity index (χ1v) is 5.70. The topological polar surface area (TPSA) is 26.3 Å². The summed E-state index contributed by atoms with van der Waals surface area (Å²) in [6.07, 6.45) is 1.14. The zero-order chi connectivity index (χ0) is 10.4. The van der Waals surface area contributed by atoms with Crippen molar-refractivity contribution in [3.63, 3.8) is 0 Å². The molecular weight excluding hydrogens is 184 g/mol. The Morgan fingerprint density at radius 3 is 2.31 bits per heavy atom. The van der Waals surface area contributed by atoms with Crippen molar-refractivity contribution in [2.75, 3.05) is 7.11 Å². The number of carbonyl (C=O) groups excluding carboxylic acids is 1. The molecule has 3 atom stereocenters. The van der Waals surface area contributed by atoms with Crippen LogP contribution in [0, 0.1) is 5.92 Å². The van der Waals surface area contributed by atoms with Gasteiger partial charge in [0.05, 0.1) is 13.0 Å². The van der Waals surface area contributed by atoms with Gasteiger partial charge in [0.2, 0.25) is 0 Å². The summed E-state index contributed by atoms with van der Waals surface area (Å²) < 4.78 is 4.70. The summed E-state index contributed by atoms with van der Waals surface area (Å²) in [5.41, 5.74) is 0. The molecule has 0 spiro atoms. The molecule has 3 unspecified atom stereocenters. The van der Waals surface area contributed by atoms with E-state index in [0.717, 1.165) is 6.42 Å². The minimum Gasteiger partial charge on any atom is -0.469 e. The van der Waals surface area contributed by atoms with Crippen LogP contribution in [0.15, 0.2) is 0 Å². The smallest absolute Gasteiger partial charge is 0.309 e. The van der Waals surface area contributed by atoms with E-state index in [9.17, 15) is 4.79 Å². The zero-order valence-electron chi connectivity index (χ0n) is 9.16. The quantitative estimate of drug-likeness (QED) is 0.644. The van der Waals surface area contributed by atoms with E-state index in [-0.39, 0.29) is 11.9 Å². The Kier molecular flexibility index (Phi) is 6.21. The van der Waals surface area contributed by atoms with E-state index in [4.69, 9.17) is 4.74 Å². The summed E-state index contributed by atoms with van der Waals surface area (Å²) in [7, 11) is 1.44. The standard InChI is InChI=1S/C10H20O2S/c1-6-7(2)13-9(4)8(3)10(11)12-5/h7-9H,6H2,1-5H3. The fraction of sp³-hybridized carbons (Fsp3) is 0.900. The van der Waals surface area contributed by atoms with Crippen LogP contribution in [0.5, 0.6) is 0 Å². The maximum Gasteiger partial charge on any atom is 0.309 e. The third-order valence-electron chi connectivity index (χ3n) is 2.30. The van der Waals surface area contributed by atoms with Gasteiger partial charge in [0.25, 0.3) is 0 Å². The van der Waals surface area contributed by atoms with Crippen LogP contribution < -0.4 is 0 Å². The highest BCUT2D eigenvalue weighted by atomic mass is 32.2. The van der Waals surface area contributed by atoms with Gasteiger partial charge < -0.3 is 4.74 Å². The van der Waals surface area contributed by atoms with Crippen molar-refractivity contribution in [1.29, 1.82) is 0 Å². The lowest BCUT2D eigenvalue weighted by atomic mass is 10.1. The van der Waals surface area contributed by atoms with E-state index in [1.54, 1.807) is 0 Å². The van der Waals surface area contributed by atoms with Gasteiger partial charge in [-0.3, -0.25) is 4.79 Å². The highest BCUT2D eigenvalue weighted by Gasteiger charge is 2.22. The van der Waals surface area contributed by atoms with Crippen molar-refractivity contribution in [2.24, 2.45) is 5.92 Å². The molecule has 0 fully saturated rings. The molecule has 0 aliphatic heterocycles. The monoisotopic (exact) mass is 204 g/mol. The zero-order valence-corrected chi connectivity index (χ0v) is 9.98. The molecule has 2 nitrogen and oxygen atoms in total. The van der Waals surface area contributed by atoms with Gasteiger partial charge in [0, 0.05) is 10.5 Å². The molecular formula is C10H20O2S. The molecule has 0 heterocycles. The minimum absolute atomic E-state index is 0.0102. The van der Waals surface area contributed by atoms with Gasteiger partial charge >= 0.3 is 5.97 Å². The number of rotatable bonds is 5. The first-order valence-electron chi connectivity index (χ1n) is 4.76. The lowest BCUT2D eigenvalue weighted by Crippen LogP contribution is -2.23. The molecule has 0 aliphatic carbocycles. The maximum atomic E-state index is 11.2. The molecule has 0 saturated heterocycles. The van der Waals surface area contributed by atoms with Crippen LogP contribution in [0.1, 0.15) is 34.1 Å². The number of ether oxygens (including phenoxy) is 1. The average Bonchev–Trinajstić information content (AvgIpc) is 2.14. The second-order valence-corrected chi connectivity index (χ2v) is 5.19. The van der Waals surface area contributed by atoms with Crippen molar-refractivity contribution in [3.05, 3.63) is 0 Å². The van der Waals surface area contributed by atoms with E-state index in [2.05, 4.69) is 20.8 Å². The normalized spacial score (nSPS) is 17.6. The molecule has 0 aliphatic rings. The Balaban J connectivity index is 3.95. The van der Waals surface area contributed by atoms with Crippen LogP contribution >= 0.6 is 11.8 Å². The van der Waals surface area contributed by atoms with E-state index < -0.39 is 0 Å². The third-order valence-corrected chi connectivity index (χ3v) is 3.93. The summed E-state index contributed by atoms with van der Waals surface area (Å²) in [6.45, 7) is 8.35. The van der Waals surface area contributed by atoms with Gasteiger partial charge in [0.15, 0.2) is 0 Å². The average molecular weight is 204 g/mol. The second-order valence-electron chi connectivity index (χ2n) is 3.37. The predicted octanol–water partition coefficient (Wildman–Crippen LogP) is 2.72. The van der Waals surface area contributed by atoms with Crippen LogP contribution in [-0.4, -0.2) is 23.6 Å². The number of hydrogen-bond donors (Lipinski definition) is 0. The number of methoxy groups -OCH3 is 1. The van der Waals surface area contributed by atoms with E-state index in [1.807, 2.05) is 18.7 Å². The lowest BCUT2D eigenvalue weighted by Gasteiger charge is -2.20. The highest BCUT2D eigenvalue weighted by molar-refractivity contribution is 8.00. The Labute approximate surface area is 85.4 Å². The third kappa shape index (κ3) is 4.55. The molecule has 0 bridgehead atoms. The molecule has 0 N–H and O–H groups in total. The molecule has 0 aromatic carbocycles. The molecule has 0 aromatic rings. The van der Waals surface area contributed by atoms with Gasteiger partial charge in [-0.25, -0.2) is 0 Å². The summed E-state index contributed by atoms with van der Waals surface area (Å²) >= 11 is 1.85. The van der Waals surface area contributed by atoms with Crippen molar-refractivity contribution >= 4 is 17.7 Å². The van der Waals surface area contributed by atoms with Crippen LogP contribution in [0.4, 0.5) is 0 Å². The Morgan fingerprint density at radius 2 is 1.92 bits per heavy atom. The van der Waals surface area contributed by atoms with Crippen molar-refractivity contribution in [1.82, 2.24) is 0 Å². The number of carbonyl (C=O) groups is 1. The van der Waals surface area contributed by atoms with Crippen LogP contribution in [0.2, 0.25) is 0 Å². The van der Waals surface area contributed by atoms with Crippen LogP contribution in [0.3, 0.4) is 0 Å². The van der Waals surface area contributed by atoms with E-state index >= 15 is 0 Å². The molecule has 13 heavy (non-hydrogen) atoms. The molecule has 0 rings (SSSR count). The van der Waals surface area contributed by atoms with Gasteiger partial charge in [-0.05, 0) is 6.42 Å². The van der Waals surface area contributed by atoms with Gasteiger partial charge in [-0.2, -0.15) is 11.8 Å². The van der Waals surface area contributed by atoms with Crippen LogP contribution in [0.25, 0.3) is 0 Å². The summed E-state index contributed by atoms with van der Waals surface area (Å²) in [5.74, 6) is -0.118. The van der Waals surface area contributed by atoms with Crippen molar-refractivity contribution in [2.45, 2.75) is 44.6 Å². The highest BCUT2D eigenvalue weighted by Crippen LogP contribution is 2.25. The molecule has 78 valence electrons. The number of esters is 1. The SMILES string of the molecule is CCC(C)SC(C)C(C)C(=O)OC. The Morgan fingerprint density at radius 1 is 1.38 bits per heavy atom. The summed E-state index contributed by atoms with van der Waals surface area (Å²) in [4.78, 5) is 11.2. The van der Waals surface area contributed by atoms with Crippen LogP contribution in [-0.2, 0) is 9.53 Å². The van der Waals surface area contributed by atoms with E-state index in [0.29, 0.717) is 10.5 Å². The number of hydrogen-bond acceptors (Lipinski definition) is 3. The number of thioether (sulfide) groups is 1. The van der Waals surface area contributed by atoms with Gasteiger partial charge in [-0.1, -0.05) is 27.7 Å². The molecule has 3 heteroatoms. The largest absolute Gasteiger partial charge is 0.469 e. The Bertz CT molecular complexity index is 159. The molecule has 0 saturated carbocycles. The molecule has 0 aromatic heterocycles.